The highest BCUT2D eigenvalue weighted by atomic mass is 19.4. The van der Waals surface area contributed by atoms with Gasteiger partial charge in [0.15, 0.2) is 6.61 Å². The zero-order valence-corrected chi connectivity index (χ0v) is 9.97. The summed E-state index contributed by atoms with van der Waals surface area (Å²) in [4.78, 5) is 10.6. The Labute approximate surface area is 102 Å². The molecule has 1 rings (SSSR count). The van der Waals surface area contributed by atoms with Gasteiger partial charge in [-0.1, -0.05) is 0 Å². The maximum absolute atomic E-state index is 12.0. The van der Waals surface area contributed by atoms with Gasteiger partial charge in [-0.25, -0.2) is 0 Å². The molecule has 0 aliphatic rings. The van der Waals surface area contributed by atoms with Crippen molar-refractivity contribution in [3.63, 3.8) is 0 Å². The third-order valence-electron chi connectivity index (χ3n) is 2.40. The van der Waals surface area contributed by atoms with Crippen LogP contribution in [0.15, 0.2) is 12.1 Å². The van der Waals surface area contributed by atoms with Crippen molar-refractivity contribution in [1.82, 2.24) is 0 Å². The Morgan fingerprint density at radius 3 is 2.17 bits per heavy atom. The molecule has 0 atom stereocenters. The van der Waals surface area contributed by atoms with Crippen LogP contribution in [0.4, 0.5) is 13.2 Å². The number of carboxylic acid groups (broad SMARTS) is 1. The minimum atomic E-state index is -4.39. The Balaban J connectivity index is 2.89. The SMILES string of the molecule is Cc1cc(OCC(F)(F)F)cc(C)c1CC(=O)O. The third-order valence-corrected chi connectivity index (χ3v) is 2.40. The first-order chi connectivity index (χ1) is 8.19. The van der Waals surface area contributed by atoms with Gasteiger partial charge in [0.05, 0.1) is 6.42 Å². The van der Waals surface area contributed by atoms with Gasteiger partial charge in [0.2, 0.25) is 0 Å². The van der Waals surface area contributed by atoms with Gasteiger partial charge < -0.3 is 9.84 Å². The van der Waals surface area contributed by atoms with Gasteiger partial charge in [-0.2, -0.15) is 13.2 Å². The molecule has 100 valence electrons. The van der Waals surface area contributed by atoms with E-state index >= 15 is 0 Å². The number of benzene rings is 1. The Hall–Kier alpha value is -1.72. The molecule has 0 heterocycles. The second kappa shape index (κ2) is 5.29. The zero-order chi connectivity index (χ0) is 13.9. The quantitative estimate of drug-likeness (QED) is 0.907. The normalized spacial score (nSPS) is 11.4. The molecule has 0 amide bonds. The van der Waals surface area contributed by atoms with Crippen LogP contribution in [-0.2, 0) is 11.2 Å². The monoisotopic (exact) mass is 262 g/mol. The summed E-state index contributed by atoms with van der Waals surface area (Å²) >= 11 is 0. The standard InChI is InChI=1S/C12H13F3O3/c1-7-3-9(18-6-12(13,14)15)4-8(2)10(7)5-11(16)17/h3-4H,5-6H2,1-2H3,(H,16,17). The highest BCUT2D eigenvalue weighted by molar-refractivity contribution is 5.71. The molecule has 6 heteroatoms. The average molecular weight is 262 g/mol. The molecule has 0 spiro atoms. The van der Waals surface area contributed by atoms with Crippen molar-refractivity contribution >= 4 is 5.97 Å². The van der Waals surface area contributed by atoms with Gasteiger partial charge in [-0.15, -0.1) is 0 Å². The van der Waals surface area contributed by atoms with Crippen molar-refractivity contribution in [2.24, 2.45) is 0 Å². The molecule has 0 aromatic heterocycles. The van der Waals surface area contributed by atoms with Crippen LogP contribution in [0.25, 0.3) is 0 Å². The number of carbonyl (C=O) groups is 1. The van der Waals surface area contributed by atoms with Crippen LogP contribution in [0.2, 0.25) is 0 Å². The minimum Gasteiger partial charge on any atom is -0.484 e. The molecule has 0 bridgehead atoms. The van der Waals surface area contributed by atoms with Crippen LogP contribution in [0.1, 0.15) is 16.7 Å². The van der Waals surface area contributed by atoms with E-state index in [4.69, 9.17) is 5.11 Å². The van der Waals surface area contributed by atoms with Gasteiger partial charge in [0.1, 0.15) is 5.75 Å². The van der Waals surface area contributed by atoms with E-state index in [1.54, 1.807) is 13.8 Å². The molecule has 0 radical (unpaired) electrons. The summed E-state index contributed by atoms with van der Waals surface area (Å²) in [6.45, 7) is 1.93. The second-order valence-corrected chi connectivity index (χ2v) is 4.01. The van der Waals surface area contributed by atoms with Crippen molar-refractivity contribution in [1.29, 1.82) is 0 Å². The fourth-order valence-electron chi connectivity index (χ4n) is 1.63. The number of alkyl halides is 3. The molecule has 0 saturated carbocycles. The van der Waals surface area contributed by atoms with Crippen LogP contribution in [0.3, 0.4) is 0 Å². The lowest BCUT2D eigenvalue weighted by atomic mass is 10.00. The zero-order valence-electron chi connectivity index (χ0n) is 9.97. The number of rotatable bonds is 4. The van der Waals surface area contributed by atoms with Crippen molar-refractivity contribution in [2.45, 2.75) is 26.4 Å². The molecule has 0 unspecified atom stereocenters. The smallest absolute Gasteiger partial charge is 0.422 e. The lowest BCUT2D eigenvalue weighted by molar-refractivity contribution is -0.153. The van der Waals surface area contributed by atoms with Gasteiger partial charge in [-0.3, -0.25) is 4.79 Å². The predicted octanol–water partition coefficient (Wildman–Crippen LogP) is 2.87. The molecular weight excluding hydrogens is 249 g/mol. The first kappa shape index (κ1) is 14.3. The number of carboxylic acids is 1. The van der Waals surface area contributed by atoms with Gasteiger partial charge >= 0.3 is 12.1 Å². The van der Waals surface area contributed by atoms with E-state index in [-0.39, 0.29) is 12.2 Å². The molecule has 1 N–H and O–H groups in total. The highest BCUT2D eigenvalue weighted by Crippen LogP contribution is 2.24. The van der Waals surface area contributed by atoms with Crippen molar-refractivity contribution in [2.75, 3.05) is 6.61 Å². The van der Waals surface area contributed by atoms with Gasteiger partial charge in [-0.05, 0) is 42.7 Å². The first-order valence-electron chi connectivity index (χ1n) is 5.20. The van der Waals surface area contributed by atoms with Gasteiger partial charge in [0.25, 0.3) is 0 Å². The lowest BCUT2D eigenvalue weighted by Gasteiger charge is -2.13. The molecule has 1 aromatic rings. The lowest BCUT2D eigenvalue weighted by Crippen LogP contribution is -2.19. The van der Waals surface area contributed by atoms with Crippen molar-refractivity contribution in [3.8, 4) is 5.75 Å². The number of aliphatic carboxylic acids is 1. The molecule has 0 saturated heterocycles. The average Bonchev–Trinajstić information content (AvgIpc) is 2.19. The summed E-state index contributed by atoms with van der Waals surface area (Å²) in [6.07, 6.45) is -4.54. The molecule has 0 aliphatic carbocycles. The molecule has 0 aliphatic heterocycles. The van der Waals surface area contributed by atoms with Crippen LogP contribution in [-0.4, -0.2) is 23.9 Å². The third kappa shape index (κ3) is 4.27. The van der Waals surface area contributed by atoms with Gasteiger partial charge in [0, 0.05) is 0 Å². The molecule has 18 heavy (non-hydrogen) atoms. The van der Waals surface area contributed by atoms with Crippen molar-refractivity contribution < 1.29 is 27.8 Å². The molecule has 1 aromatic carbocycles. The number of ether oxygens (including phenoxy) is 1. The van der Waals surface area contributed by atoms with E-state index in [1.165, 1.54) is 12.1 Å². The maximum atomic E-state index is 12.0. The number of hydrogen-bond donors (Lipinski definition) is 1. The number of halogens is 3. The van der Waals surface area contributed by atoms with E-state index in [0.29, 0.717) is 16.7 Å². The predicted molar refractivity (Wildman–Crippen MR) is 58.8 cm³/mol. The summed E-state index contributed by atoms with van der Waals surface area (Å²) in [7, 11) is 0. The fraction of sp³-hybridized carbons (Fsp3) is 0.417. The van der Waals surface area contributed by atoms with Crippen LogP contribution in [0.5, 0.6) is 5.75 Å². The Kier molecular flexibility index (Phi) is 4.21. The first-order valence-corrected chi connectivity index (χ1v) is 5.20. The molecular formula is C12H13F3O3. The Morgan fingerprint density at radius 2 is 1.78 bits per heavy atom. The summed E-state index contributed by atoms with van der Waals surface area (Å²) in [5.41, 5.74) is 1.81. The highest BCUT2D eigenvalue weighted by Gasteiger charge is 2.28. The summed E-state index contributed by atoms with van der Waals surface area (Å²) in [5.74, 6) is -0.887. The topological polar surface area (TPSA) is 46.5 Å². The van der Waals surface area contributed by atoms with Crippen LogP contribution in [0, 0.1) is 13.8 Å². The van der Waals surface area contributed by atoms with E-state index in [2.05, 4.69) is 4.74 Å². The van der Waals surface area contributed by atoms with Crippen LogP contribution < -0.4 is 4.74 Å². The Morgan fingerprint density at radius 1 is 1.28 bits per heavy atom. The Bertz CT molecular complexity index is 429. The summed E-state index contributed by atoms with van der Waals surface area (Å²) < 4.78 is 40.6. The largest absolute Gasteiger partial charge is 0.484 e. The summed E-state index contributed by atoms with van der Waals surface area (Å²) in [5, 5.41) is 8.72. The fourth-order valence-corrected chi connectivity index (χ4v) is 1.63. The molecule has 0 fully saturated rings. The molecule has 3 nitrogen and oxygen atoms in total. The van der Waals surface area contributed by atoms with Crippen LogP contribution >= 0.6 is 0 Å². The number of aryl methyl sites for hydroxylation is 2. The van der Waals surface area contributed by atoms with E-state index in [9.17, 15) is 18.0 Å². The van der Waals surface area contributed by atoms with E-state index in [0.717, 1.165) is 0 Å². The van der Waals surface area contributed by atoms with E-state index < -0.39 is 18.8 Å². The van der Waals surface area contributed by atoms with Crippen molar-refractivity contribution in [3.05, 3.63) is 28.8 Å². The minimum absolute atomic E-state index is 0.0939. The van der Waals surface area contributed by atoms with E-state index in [1.807, 2.05) is 0 Å². The second-order valence-electron chi connectivity index (χ2n) is 4.01. The maximum Gasteiger partial charge on any atom is 0.422 e. The summed E-state index contributed by atoms with van der Waals surface area (Å²) in [6, 6.07) is 2.83. The number of hydrogen-bond acceptors (Lipinski definition) is 2.